The number of benzene rings is 1. The van der Waals surface area contributed by atoms with Gasteiger partial charge in [-0.1, -0.05) is 18.2 Å². The number of nitrogens with zero attached hydrogens (tertiary/aromatic N) is 4. The second-order valence-electron chi connectivity index (χ2n) is 5.73. The zero-order chi connectivity index (χ0) is 17.6. The lowest BCUT2D eigenvalue weighted by Crippen LogP contribution is -2.07. The lowest BCUT2D eigenvalue weighted by molar-refractivity contribution is 0.112. The molecule has 0 N–H and O–H groups in total. The summed E-state index contributed by atoms with van der Waals surface area (Å²) in [5.74, 6) is 0.745. The molecule has 6 nitrogen and oxygen atoms in total. The van der Waals surface area contributed by atoms with E-state index in [9.17, 15) is 0 Å². The first-order chi connectivity index (χ1) is 12.9. The molecule has 4 rings (SSSR count). The number of hydrogen-bond donors (Lipinski definition) is 0. The Hall–Kier alpha value is -3.25. The fraction of sp³-hybridized carbons (Fsp3) is 0.150. The Labute approximate surface area is 151 Å². The van der Waals surface area contributed by atoms with Crippen molar-refractivity contribution in [3.63, 3.8) is 0 Å². The average Bonchev–Trinajstić information content (AvgIpc) is 3.04. The molecule has 0 spiro atoms. The summed E-state index contributed by atoms with van der Waals surface area (Å²) in [5.41, 5.74) is 2.87. The van der Waals surface area contributed by atoms with E-state index in [0.29, 0.717) is 25.8 Å². The number of aromatic nitrogens is 4. The van der Waals surface area contributed by atoms with Crippen molar-refractivity contribution in [2.75, 3.05) is 6.61 Å². The molecule has 0 bridgehead atoms. The molecular formula is C20H18N4O2. The number of imidazole rings is 1. The third kappa shape index (κ3) is 3.70. The van der Waals surface area contributed by atoms with Gasteiger partial charge in [0.05, 0.1) is 31.5 Å². The van der Waals surface area contributed by atoms with Gasteiger partial charge in [-0.05, 0) is 35.9 Å². The van der Waals surface area contributed by atoms with Crippen molar-refractivity contribution >= 4 is 11.0 Å². The molecule has 3 heterocycles. The summed E-state index contributed by atoms with van der Waals surface area (Å²) in [4.78, 5) is 12.7. The number of ether oxygens (including phenoxy) is 2. The molecule has 3 aromatic heterocycles. The quantitative estimate of drug-likeness (QED) is 0.476. The van der Waals surface area contributed by atoms with Gasteiger partial charge in [-0.25, -0.2) is 0 Å². The number of rotatable bonds is 7. The normalized spacial score (nSPS) is 10.9. The van der Waals surface area contributed by atoms with Crippen LogP contribution < -0.4 is 4.74 Å². The molecule has 0 unspecified atom stereocenters. The second kappa shape index (κ2) is 7.76. The van der Waals surface area contributed by atoms with Gasteiger partial charge in [0, 0.05) is 18.6 Å². The van der Waals surface area contributed by atoms with Crippen molar-refractivity contribution in [3.05, 3.63) is 78.9 Å². The van der Waals surface area contributed by atoms with E-state index in [0.717, 1.165) is 22.3 Å². The van der Waals surface area contributed by atoms with Crippen LogP contribution in [0.25, 0.3) is 11.0 Å². The SMILES string of the molecule is c1ccc(Oc2nc3cnccc3n2CCOCc2ccncc2)cc1. The molecule has 1 aromatic carbocycles. The molecule has 0 fully saturated rings. The van der Waals surface area contributed by atoms with Crippen molar-refractivity contribution in [2.24, 2.45) is 0 Å². The summed E-state index contributed by atoms with van der Waals surface area (Å²) >= 11 is 0. The average molecular weight is 346 g/mol. The topological polar surface area (TPSA) is 62.1 Å². The van der Waals surface area contributed by atoms with E-state index in [1.807, 2.05) is 53.1 Å². The number of para-hydroxylation sites is 1. The minimum atomic E-state index is 0.534. The third-order valence-electron chi connectivity index (χ3n) is 3.95. The highest BCUT2D eigenvalue weighted by Gasteiger charge is 2.12. The van der Waals surface area contributed by atoms with Gasteiger partial charge >= 0.3 is 6.01 Å². The maximum absolute atomic E-state index is 5.97. The van der Waals surface area contributed by atoms with E-state index in [4.69, 9.17) is 9.47 Å². The van der Waals surface area contributed by atoms with Crippen LogP contribution in [0.4, 0.5) is 0 Å². The predicted octanol–water partition coefficient (Wildman–Crippen LogP) is 3.84. The molecular weight excluding hydrogens is 328 g/mol. The molecule has 6 heteroatoms. The van der Waals surface area contributed by atoms with Crippen LogP contribution in [-0.4, -0.2) is 26.1 Å². The molecule has 0 atom stereocenters. The van der Waals surface area contributed by atoms with Crippen LogP contribution in [0.2, 0.25) is 0 Å². The first-order valence-electron chi connectivity index (χ1n) is 8.40. The molecule has 0 saturated carbocycles. The van der Waals surface area contributed by atoms with Crippen LogP contribution in [0.1, 0.15) is 5.56 Å². The summed E-state index contributed by atoms with van der Waals surface area (Å²) < 4.78 is 13.8. The minimum absolute atomic E-state index is 0.534. The van der Waals surface area contributed by atoms with Gasteiger partial charge in [0.15, 0.2) is 0 Å². The summed E-state index contributed by atoms with van der Waals surface area (Å²) in [6, 6.07) is 16.0. The van der Waals surface area contributed by atoms with Gasteiger partial charge in [0.1, 0.15) is 11.3 Å². The maximum Gasteiger partial charge on any atom is 0.303 e. The van der Waals surface area contributed by atoms with Gasteiger partial charge in [0.25, 0.3) is 0 Å². The Morgan fingerprint density at radius 1 is 0.885 bits per heavy atom. The van der Waals surface area contributed by atoms with E-state index in [1.54, 1.807) is 24.8 Å². The summed E-state index contributed by atoms with van der Waals surface area (Å²) in [5, 5.41) is 0. The van der Waals surface area contributed by atoms with E-state index in [1.165, 1.54) is 0 Å². The van der Waals surface area contributed by atoms with Gasteiger partial charge in [-0.3, -0.25) is 14.5 Å². The maximum atomic E-state index is 5.97. The van der Waals surface area contributed by atoms with Crippen LogP contribution in [0.15, 0.2) is 73.3 Å². The largest absolute Gasteiger partial charge is 0.425 e. The Balaban J connectivity index is 1.50. The predicted molar refractivity (Wildman–Crippen MR) is 97.9 cm³/mol. The van der Waals surface area contributed by atoms with E-state index in [-0.39, 0.29) is 0 Å². The number of fused-ring (bicyclic) bond motifs is 1. The highest BCUT2D eigenvalue weighted by molar-refractivity contribution is 5.75. The number of hydrogen-bond acceptors (Lipinski definition) is 5. The van der Waals surface area contributed by atoms with Crippen molar-refractivity contribution in [3.8, 4) is 11.8 Å². The monoisotopic (exact) mass is 346 g/mol. The lowest BCUT2D eigenvalue weighted by Gasteiger charge is -2.10. The molecule has 0 amide bonds. The third-order valence-corrected chi connectivity index (χ3v) is 3.95. The Kier molecular flexibility index (Phi) is 4.84. The van der Waals surface area contributed by atoms with E-state index in [2.05, 4.69) is 15.0 Å². The van der Waals surface area contributed by atoms with E-state index < -0.39 is 0 Å². The summed E-state index contributed by atoms with van der Waals surface area (Å²) in [7, 11) is 0. The van der Waals surface area contributed by atoms with Gasteiger partial charge < -0.3 is 9.47 Å². The smallest absolute Gasteiger partial charge is 0.303 e. The standard InChI is InChI=1S/C20H18N4O2/c1-2-4-17(5-3-1)26-20-23-18-14-22-11-8-19(18)24(20)12-13-25-15-16-6-9-21-10-7-16/h1-11,14H,12-13,15H2. The molecule has 0 radical (unpaired) electrons. The van der Waals surface area contributed by atoms with Crippen LogP contribution in [0.3, 0.4) is 0 Å². The zero-order valence-corrected chi connectivity index (χ0v) is 14.2. The van der Waals surface area contributed by atoms with Gasteiger partial charge in [-0.2, -0.15) is 4.98 Å². The fourth-order valence-corrected chi connectivity index (χ4v) is 2.67. The Morgan fingerprint density at radius 3 is 2.54 bits per heavy atom. The molecule has 0 saturated heterocycles. The molecule has 0 aliphatic carbocycles. The van der Waals surface area contributed by atoms with Crippen LogP contribution >= 0.6 is 0 Å². The second-order valence-corrected chi connectivity index (χ2v) is 5.73. The van der Waals surface area contributed by atoms with Crippen molar-refractivity contribution in [2.45, 2.75) is 13.2 Å². The Bertz CT molecular complexity index is 971. The van der Waals surface area contributed by atoms with Crippen LogP contribution in [0, 0.1) is 0 Å². The molecule has 0 aliphatic rings. The van der Waals surface area contributed by atoms with Gasteiger partial charge in [-0.15, -0.1) is 0 Å². The summed E-state index contributed by atoms with van der Waals surface area (Å²) in [6.07, 6.45) is 7.02. The highest BCUT2D eigenvalue weighted by atomic mass is 16.5. The van der Waals surface area contributed by atoms with Crippen LogP contribution in [0.5, 0.6) is 11.8 Å². The first kappa shape index (κ1) is 16.2. The fourth-order valence-electron chi connectivity index (χ4n) is 2.67. The van der Waals surface area contributed by atoms with Gasteiger partial charge in [0.2, 0.25) is 0 Å². The van der Waals surface area contributed by atoms with E-state index >= 15 is 0 Å². The summed E-state index contributed by atoms with van der Waals surface area (Å²) in [6.45, 7) is 1.72. The van der Waals surface area contributed by atoms with Crippen molar-refractivity contribution < 1.29 is 9.47 Å². The lowest BCUT2D eigenvalue weighted by atomic mass is 10.3. The number of pyridine rings is 2. The highest BCUT2D eigenvalue weighted by Crippen LogP contribution is 2.25. The van der Waals surface area contributed by atoms with Crippen molar-refractivity contribution in [1.29, 1.82) is 0 Å². The molecule has 4 aromatic rings. The van der Waals surface area contributed by atoms with Crippen LogP contribution in [-0.2, 0) is 17.9 Å². The zero-order valence-electron chi connectivity index (χ0n) is 14.2. The molecule has 130 valence electrons. The van der Waals surface area contributed by atoms with Crippen molar-refractivity contribution in [1.82, 2.24) is 19.5 Å². The Morgan fingerprint density at radius 2 is 1.69 bits per heavy atom. The first-order valence-corrected chi connectivity index (χ1v) is 8.40. The molecule has 26 heavy (non-hydrogen) atoms. The molecule has 0 aliphatic heterocycles. The minimum Gasteiger partial charge on any atom is -0.425 e.